The molecule has 2 unspecified atom stereocenters. The number of amides is 1. The molecule has 0 bridgehead atoms. The molecule has 6 nitrogen and oxygen atoms in total. The highest BCUT2D eigenvalue weighted by Gasteiger charge is 2.24. The number of thioether (sulfide) groups is 1. The van der Waals surface area contributed by atoms with E-state index in [1.807, 2.05) is 48.7 Å². The third-order valence-electron chi connectivity index (χ3n) is 5.08. The summed E-state index contributed by atoms with van der Waals surface area (Å²) >= 11 is 1.55. The van der Waals surface area contributed by atoms with Gasteiger partial charge in [0.2, 0.25) is 0 Å². The number of hydrogen-bond donors (Lipinski definition) is 3. The number of nitrogens with one attached hydrogen (secondary N) is 1. The number of rotatable bonds is 8. The maximum Gasteiger partial charge on any atom is 0.326 e. The van der Waals surface area contributed by atoms with Crippen LogP contribution in [0.25, 0.3) is 11.1 Å². The molecule has 29 heavy (non-hydrogen) atoms. The van der Waals surface area contributed by atoms with Gasteiger partial charge in [-0.25, -0.2) is 4.79 Å². The standard InChI is InChI=1S/C22H26N2O4S/c1-29-12-10-20(22(27)28)23-21(26)18-8-7-16(24-11-9-17(25)14-24)13-19(18)15-5-3-2-4-6-15/h2-8,13,17,20,25H,9-12,14H2,1H3,(H,23,26)(H,27,28). The molecule has 0 saturated carbocycles. The number of carboxylic acid groups (broad SMARTS) is 1. The van der Waals surface area contributed by atoms with Gasteiger partial charge in [0.1, 0.15) is 6.04 Å². The number of aliphatic hydroxyl groups is 1. The molecule has 0 radical (unpaired) electrons. The Balaban J connectivity index is 1.92. The predicted octanol–water partition coefficient (Wildman–Crippen LogP) is 2.86. The van der Waals surface area contributed by atoms with Crippen LogP contribution in [0.4, 0.5) is 5.69 Å². The van der Waals surface area contributed by atoms with Crippen LogP contribution < -0.4 is 10.2 Å². The molecule has 3 rings (SSSR count). The summed E-state index contributed by atoms with van der Waals surface area (Å²) in [4.78, 5) is 26.6. The summed E-state index contributed by atoms with van der Waals surface area (Å²) in [5, 5.41) is 22.0. The Morgan fingerprint density at radius 1 is 1.24 bits per heavy atom. The number of β-amino-alcohol motifs (C(OH)–C–C–N with tert-alkyl or cyclic N) is 1. The molecular weight excluding hydrogens is 388 g/mol. The molecule has 1 saturated heterocycles. The van der Waals surface area contributed by atoms with Gasteiger partial charge in [0.05, 0.1) is 6.10 Å². The second-order valence-corrected chi connectivity index (χ2v) is 8.12. The minimum atomic E-state index is -1.03. The average Bonchev–Trinajstić information content (AvgIpc) is 3.17. The number of aliphatic carboxylic acids is 1. The van der Waals surface area contributed by atoms with E-state index in [4.69, 9.17) is 0 Å². The minimum Gasteiger partial charge on any atom is -0.480 e. The summed E-state index contributed by atoms with van der Waals surface area (Å²) in [6.07, 6.45) is 2.65. The first kappa shape index (κ1) is 21.2. The van der Waals surface area contributed by atoms with E-state index in [-0.39, 0.29) is 6.10 Å². The van der Waals surface area contributed by atoms with Crippen molar-refractivity contribution in [3.63, 3.8) is 0 Å². The largest absolute Gasteiger partial charge is 0.480 e. The smallest absolute Gasteiger partial charge is 0.326 e. The molecule has 1 amide bonds. The molecule has 0 spiro atoms. The fraction of sp³-hybridized carbons (Fsp3) is 0.364. The topological polar surface area (TPSA) is 89.9 Å². The lowest BCUT2D eigenvalue weighted by molar-refractivity contribution is -0.139. The number of carbonyl (C=O) groups is 2. The van der Waals surface area contributed by atoms with Crippen LogP contribution in [0.3, 0.4) is 0 Å². The number of carbonyl (C=O) groups excluding carboxylic acids is 1. The van der Waals surface area contributed by atoms with Crippen molar-refractivity contribution in [3.05, 3.63) is 54.1 Å². The summed E-state index contributed by atoms with van der Waals surface area (Å²) in [5.41, 5.74) is 3.01. The van der Waals surface area contributed by atoms with Crippen LogP contribution >= 0.6 is 11.8 Å². The number of anilines is 1. The van der Waals surface area contributed by atoms with E-state index in [0.717, 1.165) is 29.8 Å². The fourth-order valence-corrected chi connectivity index (χ4v) is 3.96. The molecule has 2 aromatic carbocycles. The highest BCUT2D eigenvalue weighted by molar-refractivity contribution is 7.98. The van der Waals surface area contributed by atoms with Crippen LogP contribution in [0.2, 0.25) is 0 Å². The van der Waals surface area contributed by atoms with Crippen molar-refractivity contribution in [2.75, 3.05) is 30.0 Å². The Bertz CT molecular complexity index is 859. The lowest BCUT2D eigenvalue weighted by Crippen LogP contribution is -2.41. The second-order valence-electron chi connectivity index (χ2n) is 7.13. The summed E-state index contributed by atoms with van der Waals surface area (Å²) in [6.45, 7) is 1.33. The first-order valence-corrected chi connectivity index (χ1v) is 11.0. The lowest BCUT2D eigenvalue weighted by Gasteiger charge is -2.21. The zero-order chi connectivity index (χ0) is 20.8. The normalized spacial score (nSPS) is 17.2. The molecule has 0 aliphatic carbocycles. The van der Waals surface area contributed by atoms with Gasteiger partial charge in [0.25, 0.3) is 5.91 Å². The van der Waals surface area contributed by atoms with Gasteiger partial charge in [-0.05, 0) is 54.2 Å². The summed E-state index contributed by atoms with van der Waals surface area (Å²) in [6, 6.07) is 14.2. The number of carboxylic acids is 1. The van der Waals surface area contributed by atoms with Crippen molar-refractivity contribution in [1.29, 1.82) is 0 Å². The average molecular weight is 415 g/mol. The van der Waals surface area contributed by atoms with Gasteiger partial charge in [0.15, 0.2) is 0 Å². The highest BCUT2D eigenvalue weighted by atomic mass is 32.2. The Hall–Kier alpha value is -2.51. The monoisotopic (exact) mass is 414 g/mol. The predicted molar refractivity (Wildman–Crippen MR) is 117 cm³/mol. The third-order valence-corrected chi connectivity index (χ3v) is 5.72. The minimum absolute atomic E-state index is 0.342. The number of nitrogens with zero attached hydrogens (tertiary/aromatic N) is 1. The Labute approximate surface area is 174 Å². The summed E-state index contributed by atoms with van der Waals surface area (Å²) in [5.74, 6) is -0.777. The van der Waals surface area contributed by atoms with Crippen molar-refractivity contribution < 1.29 is 19.8 Å². The molecule has 2 aromatic rings. The molecule has 3 N–H and O–H groups in total. The van der Waals surface area contributed by atoms with Gasteiger partial charge >= 0.3 is 5.97 Å². The summed E-state index contributed by atoms with van der Waals surface area (Å²) < 4.78 is 0. The fourth-order valence-electron chi connectivity index (χ4n) is 3.49. The third kappa shape index (κ3) is 5.31. The SMILES string of the molecule is CSCCC(NC(=O)c1ccc(N2CCC(O)C2)cc1-c1ccccc1)C(=O)O. The molecule has 1 aliphatic heterocycles. The number of hydrogen-bond acceptors (Lipinski definition) is 5. The van der Waals surface area contributed by atoms with Crippen LogP contribution in [-0.4, -0.2) is 59.3 Å². The van der Waals surface area contributed by atoms with E-state index in [0.29, 0.717) is 24.3 Å². The first-order chi connectivity index (χ1) is 14.0. The Kier molecular flexibility index (Phi) is 7.17. The zero-order valence-corrected chi connectivity index (χ0v) is 17.2. The summed E-state index contributed by atoms with van der Waals surface area (Å²) in [7, 11) is 0. The Morgan fingerprint density at radius 2 is 2.00 bits per heavy atom. The molecular formula is C22H26N2O4S. The molecule has 2 atom stereocenters. The molecule has 1 aliphatic rings. The maximum absolute atomic E-state index is 13.0. The van der Waals surface area contributed by atoms with Crippen molar-refractivity contribution >= 4 is 29.3 Å². The number of aliphatic hydroxyl groups excluding tert-OH is 1. The lowest BCUT2D eigenvalue weighted by atomic mass is 9.97. The molecule has 0 aromatic heterocycles. The van der Waals surface area contributed by atoms with Gasteiger partial charge in [-0.3, -0.25) is 4.79 Å². The van der Waals surface area contributed by atoms with E-state index in [1.54, 1.807) is 17.8 Å². The van der Waals surface area contributed by atoms with Crippen LogP contribution in [0.5, 0.6) is 0 Å². The Morgan fingerprint density at radius 3 is 2.62 bits per heavy atom. The molecule has 1 heterocycles. The quantitative estimate of drug-likeness (QED) is 0.615. The van der Waals surface area contributed by atoms with Crippen LogP contribution in [-0.2, 0) is 4.79 Å². The van der Waals surface area contributed by atoms with Gasteiger partial charge in [0, 0.05) is 24.3 Å². The number of benzene rings is 2. The maximum atomic E-state index is 13.0. The van der Waals surface area contributed by atoms with Crippen molar-refractivity contribution in [2.24, 2.45) is 0 Å². The van der Waals surface area contributed by atoms with Gasteiger partial charge < -0.3 is 20.4 Å². The van der Waals surface area contributed by atoms with Gasteiger partial charge in [-0.15, -0.1) is 0 Å². The molecule has 154 valence electrons. The van der Waals surface area contributed by atoms with E-state index in [9.17, 15) is 19.8 Å². The van der Waals surface area contributed by atoms with Crippen LogP contribution in [0.15, 0.2) is 48.5 Å². The van der Waals surface area contributed by atoms with E-state index in [1.165, 1.54) is 0 Å². The second kappa shape index (κ2) is 9.80. The first-order valence-electron chi connectivity index (χ1n) is 9.64. The molecule has 7 heteroatoms. The van der Waals surface area contributed by atoms with E-state index in [2.05, 4.69) is 10.2 Å². The van der Waals surface area contributed by atoms with E-state index < -0.39 is 17.9 Å². The molecule has 1 fully saturated rings. The van der Waals surface area contributed by atoms with E-state index >= 15 is 0 Å². The highest BCUT2D eigenvalue weighted by Crippen LogP contribution is 2.30. The van der Waals surface area contributed by atoms with Crippen molar-refractivity contribution in [1.82, 2.24) is 5.32 Å². The van der Waals surface area contributed by atoms with Crippen molar-refractivity contribution in [3.8, 4) is 11.1 Å². The zero-order valence-electron chi connectivity index (χ0n) is 16.4. The van der Waals surface area contributed by atoms with Gasteiger partial charge in [-0.2, -0.15) is 11.8 Å². The van der Waals surface area contributed by atoms with Crippen molar-refractivity contribution in [2.45, 2.75) is 25.0 Å². The van der Waals surface area contributed by atoms with Gasteiger partial charge in [-0.1, -0.05) is 30.3 Å². The van der Waals surface area contributed by atoms with Crippen LogP contribution in [0, 0.1) is 0 Å². The van der Waals surface area contributed by atoms with Crippen LogP contribution in [0.1, 0.15) is 23.2 Å².